The fourth-order valence-electron chi connectivity index (χ4n) is 3.60. The van der Waals surface area contributed by atoms with Gasteiger partial charge in [-0.2, -0.15) is 0 Å². The first-order valence-electron chi connectivity index (χ1n) is 10.0. The summed E-state index contributed by atoms with van der Waals surface area (Å²) in [4.78, 5) is 21.1. The van der Waals surface area contributed by atoms with Gasteiger partial charge in [-0.15, -0.1) is 0 Å². The van der Waals surface area contributed by atoms with Crippen LogP contribution in [0.15, 0.2) is 59.1 Å². The van der Waals surface area contributed by atoms with Crippen molar-refractivity contribution in [2.75, 3.05) is 26.2 Å². The first-order valence-corrected chi connectivity index (χ1v) is 10.8. The van der Waals surface area contributed by atoms with Crippen LogP contribution in [0.1, 0.15) is 17.9 Å². The maximum Gasteiger partial charge on any atom is 0.223 e. The summed E-state index contributed by atoms with van der Waals surface area (Å²) in [6.07, 6.45) is 2.62. The van der Waals surface area contributed by atoms with E-state index in [4.69, 9.17) is 27.6 Å². The highest BCUT2D eigenvalue weighted by atomic mass is 35.5. The van der Waals surface area contributed by atoms with E-state index in [0.717, 1.165) is 36.5 Å². The number of carbonyl (C=O) groups is 1. The van der Waals surface area contributed by atoms with Crippen LogP contribution in [0.4, 0.5) is 0 Å². The maximum absolute atomic E-state index is 12.6. The SMILES string of the molecule is O=C(CCc1ncc(-c2ccccc2)o1)N1CCN(Cc2cccc(Cl)c2Cl)CC1. The first-order chi connectivity index (χ1) is 14.6. The minimum Gasteiger partial charge on any atom is -0.441 e. The largest absolute Gasteiger partial charge is 0.441 e. The molecule has 3 aromatic rings. The zero-order chi connectivity index (χ0) is 20.9. The van der Waals surface area contributed by atoms with Gasteiger partial charge in [-0.3, -0.25) is 9.69 Å². The summed E-state index contributed by atoms with van der Waals surface area (Å²) in [6, 6.07) is 15.5. The highest BCUT2D eigenvalue weighted by molar-refractivity contribution is 6.42. The molecule has 0 aliphatic carbocycles. The Bertz CT molecular complexity index is 999. The molecule has 0 unspecified atom stereocenters. The average Bonchev–Trinajstić information content (AvgIpc) is 3.25. The molecule has 1 aliphatic rings. The molecule has 4 rings (SSSR count). The number of piperazine rings is 1. The predicted octanol–water partition coefficient (Wildman–Crippen LogP) is 4.93. The number of halogens is 2. The van der Waals surface area contributed by atoms with E-state index in [9.17, 15) is 4.79 Å². The van der Waals surface area contributed by atoms with Crippen LogP contribution in [-0.4, -0.2) is 46.9 Å². The van der Waals surface area contributed by atoms with E-state index in [1.807, 2.05) is 47.4 Å². The van der Waals surface area contributed by atoms with Crippen molar-refractivity contribution in [2.24, 2.45) is 0 Å². The summed E-state index contributed by atoms with van der Waals surface area (Å²) < 4.78 is 5.80. The molecule has 0 radical (unpaired) electrons. The molecule has 1 amide bonds. The number of oxazole rings is 1. The van der Waals surface area contributed by atoms with Crippen molar-refractivity contribution < 1.29 is 9.21 Å². The van der Waals surface area contributed by atoms with Gasteiger partial charge in [-0.1, -0.05) is 65.7 Å². The van der Waals surface area contributed by atoms with Crippen LogP contribution in [0, 0.1) is 0 Å². The smallest absolute Gasteiger partial charge is 0.223 e. The quantitative estimate of drug-likeness (QED) is 0.541. The Morgan fingerprint density at radius 3 is 2.53 bits per heavy atom. The van der Waals surface area contributed by atoms with Crippen molar-refractivity contribution in [3.63, 3.8) is 0 Å². The van der Waals surface area contributed by atoms with Gasteiger partial charge in [-0.05, 0) is 11.6 Å². The van der Waals surface area contributed by atoms with Gasteiger partial charge in [0.2, 0.25) is 5.91 Å². The molecular weight excluding hydrogens is 421 g/mol. The van der Waals surface area contributed by atoms with Gasteiger partial charge in [0, 0.05) is 51.1 Å². The Morgan fingerprint density at radius 1 is 1.00 bits per heavy atom. The second-order valence-electron chi connectivity index (χ2n) is 7.35. The van der Waals surface area contributed by atoms with E-state index in [1.54, 1.807) is 12.3 Å². The molecule has 1 aliphatic heterocycles. The van der Waals surface area contributed by atoms with E-state index in [-0.39, 0.29) is 5.91 Å². The Hall–Kier alpha value is -2.34. The highest BCUT2D eigenvalue weighted by Crippen LogP contribution is 2.27. The van der Waals surface area contributed by atoms with Crippen LogP contribution in [0.25, 0.3) is 11.3 Å². The van der Waals surface area contributed by atoms with Crippen LogP contribution in [0.5, 0.6) is 0 Å². The summed E-state index contributed by atoms with van der Waals surface area (Å²) in [5.74, 6) is 1.46. The molecule has 2 aromatic carbocycles. The molecule has 0 atom stereocenters. The summed E-state index contributed by atoms with van der Waals surface area (Å²) >= 11 is 12.4. The third-order valence-electron chi connectivity index (χ3n) is 5.32. The predicted molar refractivity (Wildman–Crippen MR) is 119 cm³/mol. The molecule has 0 N–H and O–H groups in total. The molecule has 0 bridgehead atoms. The van der Waals surface area contributed by atoms with Gasteiger partial charge < -0.3 is 9.32 Å². The third kappa shape index (κ3) is 5.04. The van der Waals surface area contributed by atoms with E-state index >= 15 is 0 Å². The van der Waals surface area contributed by atoms with Crippen molar-refractivity contribution >= 4 is 29.1 Å². The zero-order valence-corrected chi connectivity index (χ0v) is 18.1. The van der Waals surface area contributed by atoms with Gasteiger partial charge in [0.25, 0.3) is 0 Å². The number of hydrogen-bond acceptors (Lipinski definition) is 4. The molecule has 156 valence electrons. The molecule has 7 heteroatoms. The van der Waals surface area contributed by atoms with E-state index in [0.29, 0.717) is 41.9 Å². The van der Waals surface area contributed by atoms with E-state index in [1.165, 1.54) is 0 Å². The lowest BCUT2D eigenvalue weighted by Crippen LogP contribution is -2.48. The average molecular weight is 444 g/mol. The fourth-order valence-corrected chi connectivity index (χ4v) is 3.98. The minimum absolute atomic E-state index is 0.134. The summed E-state index contributed by atoms with van der Waals surface area (Å²) in [5.41, 5.74) is 2.00. The Labute approximate surface area is 186 Å². The van der Waals surface area contributed by atoms with Crippen molar-refractivity contribution in [1.82, 2.24) is 14.8 Å². The Kier molecular flexibility index (Phi) is 6.72. The number of carbonyl (C=O) groups excluding carboxylic acids is 1. The van der Waals surface area contributed by atoms with Crippen LogP contribution < -0.4 is 0 Å². The minimum atomic E-state index is 0.134. The van der Waals surface area contributed by atoms with Gasteiger partial charge >= 0.3 is 0 Å². The topological polar surface area (TPSA) is 49.6 Å². The van der Waals surface area contributed by atoms with Gasteiger partial charge in [0.05, 0.1) is 16.2 Å². The van der Waals surface area contributed by atoms with Crippen LogP contribution in [0.3, 0.4) is 0 Å². The third-order valence-corrected chi connectivity index (χ3v) is 6.17. The standard InChI is InChI=1S/C23H23Cl2N3O2/c24-19-8-4-7-18(23(19)25)16-27-11-13-28(14-12-27)22(29)10-9-21-26-15-20(30-21)17-5-2-1-3-6-17/h1-8,15H,9-14,16H2. The Morgan fingerprint density at radius 2 is 1.77 bits per heavy atom. The number of amides is 1. The number of rotatable bonds is 6. The number of hydrogen-bond donors (Lipinski definition) is 0. The first kappa shape index (κ1) is 20.9. The van der Waals surface area contributed by atoms with Gasteiger partial charge in [0.15, 0.2) is 11.7 Å². The number of nitrogens with zero attached hydrogens (tertiary/aromatic N) is 3. The van der Waals surface area contributed by atoms with Crippen molar-refractivity contribution in [1.29, 1.82) is 0 Å². The highest BCUT2D eigenvalue weighted by Gasteiger charge is 2.22. The number of aryl methyl sites for hydroxylation is 1. The van der Waals surface area contributed by atoms with Crippen LogP contribution >= 0.6 is 23.2 Å². The summed E-state index contributed by atoms with van der Waals surface area (Å²) in [6.45, 7) is 3.77. The second-order valence-corrected chi connectivity index (χ2v) is 8.14. The van der Waals surface area contributed by atoms with Crippen LogP contribution in [0.2, 0.25) is 10.0 Å². The molecule has 2 heterocycles. The van der Waals surface area contributed by atoms with E-state index in [2.05, 4.69) is 9.88 Å². The lowest BCUT2D eigenvalue weighted by atomic mass is 10.2. The fraction of sp³-hybridized carbons (Fsp3) is 0.304. The van der Waals surface area contributed by atoms with Gasteiger partial charge in [0.1, 0.15) is 0 Å². The summed E-state index contributed by atoms with van der Waals surface area (Å²) in [7, 11) is 0. The van der Waals surface area contributed by atoms with Crippen molar-refractivity contribution in [3.05, 3.63) is 76.2 Å². The number of benzene rings is 2. The van der Waals surface area contributed by atoms with Crippen molar-refractivity contribution in [3.8, 4) is 11.3 Å². The Balaban J connectivity index is 1.25. The van der Waals surface area contributed by atoms with Gasteiger partial charge in [-0.25, -0.2) is 4.98 Å². The maximum atomic E-state index is 12.6. The monoisotopic (exact) mass is 443 g/mol. The van der Waals surface area contributed by atoms with E-state index < -0.39 is 0 Å². The zero-order valence-electron chi connectivity index (χ0n) is 16.6. The molecule has 0 saturated carbocycles. The molecular formula is C23H23Cl2N3O2. The molecule has 5 nitrogen and oxygen atoms in total. The normalized spacial score (nSPS) is 14.8. The lowest BCUT2D eigenvalue weighted by Gasteiger charge is -2.35. The van der Waals surface area contributed by atoms with Crippen molar-refractivity contribution in [2.45, 2.75) is 19.4 Å². The molecule has 1 saturated heterocycles. The van der Waals surface area contributed by atoms with Crippen LogP contribution in [-0.2, 0) is 17.8 Å². The molecule has 1 aromatic heterocycles. The molecule has 1 fully saturated rings. The molecule has 0 spiro atoms. The summed E-state index contributed by atoms with van der Waals surface area (Å²) in [5, 5.41) is 1.18. The number of aromatic nitrogens is 1. The molecule has 30 heavy (non-hydrogen) atoms. The lowest BCUT2D eigenvalue weighted by molar-refractivity contribution is -0.133. The second kappa shape index (κ2) is 9.65.